The van der Waals surface area contributed by atoms with E-state index < -0.39 is 10.0 Å². The number of hydrogen-bond donors (Lipinski definition) is 0. The van der Waals surface area contributed by atoms with Gasteiger partial charge in [0.25, 0.3) is 10.0 Å². The van der Waals surface area contributed by atoms with Gasteiger partial charge >= 0.3 is 0 Å². The first-order valence-electron chi connectivity index (χ1n) is 5.68. The molecule has 1 aliphatic rings. The van der Waals surface area contributed by atoms with Crippen molar-refractivity contribution < 1.29 is 13.2 Å². The lowest BCUT2D eigenvalue weighted by atomic mass is 10.1. The highest BCUT2D eigenvalue weighted by Gasteiger charge is 2.36. The summed E-state index contributed by atoms with van der Waals surface area (Å²) >= 11 is 4.47. The lowest BCUT2D eigenvalue weighted by molar-refractivity contribution is -0.117. The van der Waals surface area contributed by atoms with E-state index in [2.05, 4.69) is 15.9 Å². The Morgan fingerprint density at radius 2 is 2.28 bits per heavy atom. The third-order valence-corrected chi connectivity index (χ3v) is 7.00. The molecule has 18 heavy (non-hydrogen) atoms. The van der Waals surface area contributed by atoms with E-state index in [1.807, 2.05) is 0 Å². The molecule has 1 unspecified atom stereocenters. The van der Waals surface area contributed by atoms with E-state index in [1.165, 1.54) is 22.6 Å². The van der Waals surface area contributed by atoms with Crippen LogP contribution in [0.1, 0.15) is 26.2 Å². The number of hydrogen-bond acceptors (Lipinski definition) is 4. The summed E-state index contributed by atoms with van der Waals surface area (Å²) in [6, 6.07) is 3.16. The zero-order chi connectivity index (χ0) is 13.3. The van der Waals surface area contributed by atoms with Crippen LogP contribution in [0.25, 0.3) is 0 Å². The molecular formula is C11H14BrNO3S2. The molecule has 0 saturated carbocycles. The first-order chi connectivity index (χ1) is 8.41. The van der Waals surface area contributed by atoms with Crippen molar-refractivity contribution in [2.45, 2.75) is 36.4 Å². The van der Waals surface area contributed by atoms with Crippen LogP contribution < -0.4 is 0 Å². The highest BCUT2D eigenvalue weighted by Crippen LogP contribution is 2.33. The molecule has 0 bridgehead atoms. The Kier molecular flexibility index (Phi) is 4.25. The van der Waals surface area contributed by atoms with Gasteiger partial charge in [-0.1, -0.05) is 0 Å². The highest BCUT2D eigenvalue weighted by atomic mass is 79.9. The molecule has 2 rings (SSSR count). The molecule has 2 heterocycles. The minimum absolute atomic E-state index is 0.0365. The average molecular weight is 352 g/mol. The SMILES string of the molecule is CC(=O)CC1CCCN1S(=O)(=O)c1ccc(Br)s1. The zero-order valence-corrected chi connectivity index (χ0v) is 13.1. The van der Waals surface area contributed by atoms with E-state index in [-0.39, 0.29) is 11.8 Å². The van der Waals surface area contributed by atoms with Gasteiger partial charge in [-0.2, -0.15) is 4.31 Å². The standard InChI is InChI=1S/C11H14BrNO3S2/c1-8(14)7-9-3-2-6-13(9)18(15,16)11-5-4-10(12)17-11/h4-5,9H,2-3,6-7H2,1H3. The van der Waals surface area contributed by atoms with Crippen molar-refractivity contribution in [3.63, 3.8) is 0 Å². The maximum Gasteiger partial charge on any atom is 0.252 e. The molecule has 0 aliphatic carbocycles. The number of rotatable bonds is 4. The average Bonchev–Trinajstić information content (AvgIpc) is 2.86. The predicted octanol–water partition coefficient (Wildman–Crippen LogP) is 2.64. The Morgan fingerprint density at radius 3 is 2.83 bits per heavy atom. The van der Waals surface area contributed by atoms with E-state index in [0.717, 1.165) is 16.6 Å². The van der Waals surface area contributed by atoms with E-state index in [1.54, 1.807) is 12.1 Å². The van der Waals surface area contributed by atoms with Crippen LogP contribution in [0.4, 0.5) is 0 Å². The molecule has 0 N–H and O–H groups in total. The van der Waals surface area contributed by atoms with Crippen LogP contribution in [0.3, 0.4) is 0 Å². The molecular weight excluding hydrogens is 338 g/mol. The number of thiophene rings is 1. The molecule has 1 aromatic rings. The molecule has 1 saturated heterocycles. The largest absolute Gasteiger partial charge is 0.300 e. The van der Waals surface area contributed by atoms with Gasteiger partial charge < -0.3 is 0 Å². The van der Waals surface area contributed by atoms with Crippen molar-refractivity contribution in [3.8, 4) is 0 Å². The lowest BCUT2D eigenvalue weighted by Crippen LogP contribution is -2.36. The smallest absolute Gasteiger partial charge is 0.252 e. The maximum atomic E-state index is 12.4. The van der Waals surface area contributed by atoms with Gasteiger partial charge in [-0.15, -0.1) is 11.3 Å². The Morgan fingerprint density at radius 1 is 1.56 bits per heavy atom. The van der Waals surface area contributed by atoms with Crippen LogP contribution >= 0.6 is 27.3 Å². The first kappa shape index (κ1) is 14.2. The summed E-state index contributed by atoms with van der Waals surface area (Å²) in [5.74, 6) is 0.0365. The van der Waals surface area contributed by atoms with Gasteiger partial charge in [0.05, 0.1) is 3.79 Å². The van der Waals surface area contributed by atoms with Crippen LogP contribution in [0, 0.1) is 0 Å². The molecule has 1 aliphatic heterocycles. The van der Waals surface area contributed by atoms with Crippen molar-refractivity contribution in [1.82, 2.24) is 4.31 Å². The van der Waals surface area contributed by atoms with E-state index in [9.17, 15) is 13.2 Å². The van der Waals surface area contributed by atoms with Crippen LogP contribution in [0.5, 0.6) is 0 Å². The Labute approximate surface area is 119 Å². The van der Waals surface area contributed by atoms with Crippen molar-refractivity contribution in [2.75, 3.05) is 6.54 Å². The van der Waals surface area contributed by atoms with Crippen molar-refractivity contribution in [3.05, 3.63) is 15.9 Å². The molecule has 0 aromatic carbocycles. The fourth-order valence-corrected chi connectivity index (χ4v) is 6.05. The summed E-state index contributed by atoms with van der Waals surface area (Å²) in [6.45, 7) is 2.01. The van der Waals surface area contributed by atoms with Crippen LogP contribution in [-0.4, -0.2) is 31.1 Å². The summed E-state index contributed by atoms with van der Waals surface area (Å²) < 4.78 is 27.5. The molecule has 1 atom stereocenters. The first-order valence-corrected chi connectivity index (χ1v) is 8.73. The lowest BCUT2D eigenvalue weighted by Gasteiger charge is -2.22. The van der Waals surface area contributed by atoms with E-state index in [0.29, 0.717) is 17.2 Å². The van der Waals surface area contributed by atoms with Crippen LogP contribution in [0.2, 0.25) is 0 Å². The van der Waals surface area contributed by atoms with Crippen molar-refractivity contribution >= 4 is 43.1 Å². The highest BCUT2D eigenvalue weighted by molar-refractivity contribution is 9.11. The van der Waals surface area contributed by atoms with Gasteiger partial charge in [-0.25, -0.2) is 8.42 Å². The molecule has 1 fully saturated rings. The zero-order valence-electron chi connectivity index (χ0n) is 9.93. The third kappa shape index (κ3) is 2.84. The predicted molar refractivity (Wildman–Crippen MR) is 74.2 cm³/mol. The van der Waals surface area contributed by atoms with Gasteiger partial charge in [-0.05, 0) is 47.8 Å². The molecule has 1 aromatic heterocycles. The van der Waals surface area contributed by atoms with E-state index in [4.69, 9.17) is 0 Å². The second kappa shape index (κ2) is 5.40. The summed E-state index contributed by atoms with van der Waals surface area (Å²) in [7, 11) is -3.44. The number of Topliss-reactive ketones (excluding diaryl/α,β-unsaturated/α-hetero) is 1. The molecule has 100 valence electrons. The monoisotopic (exact) mass is 351 g/mol. The van der Waals surface area contributed by atoms with Crippen molar-refractivity contribution in [2.24, 2.45) is 0 Å². The number of ketones is 1. The maximum absolute atomic E-state index is 12.4. The Balaban J connectivity index is 2.26. The molecule has 0 spiro atoms. The van der Waals surface area contributed by atoms with Crippen molar-refractivity contribution in [1.29, 1.82) is 0 Å². The summed E-state index contributed by atoms with van der Waals surface area (Å²) in [5, 5.41) is 0. The van der Waals surface area contributed by atoms with Gasteiger partial charge in [0, 0.05) is 19.0 Å². The fraction of sp³-hybridized carbons (Fsp3) is 0.545. The van der Waals surface area contributed by atoms with Gasteiger partial charge in [0.1, 0.15) is 9.99 Å². The number of carbonyl (C=O) groups excluding carboxylic acids is 1. The minimum atomic E-state index is -3.44. The molecule has 0 radical (unpaired) electrons. The van der Waals surface area contributed by atoms with Gasteiger partial charge in [0.15, 0.2) is 0 Å². The van der Waals surface area contributed by atoms with Crippen LogP contribution in [-0.2, 0) is 14.8 Å². The van der Waals surface area contributed by atoms with Gasteiger partial charge in [-0.3, -0.25) is 4.79 Å². The molecule has 7 heteroatoms. The Hall–Kier alpha value is -0.240. The second-order valence-corrected chi connectivity index (χ2v) is 8.96. The summed E-state index contributed by atoms with van der Waals surface area (Å²) in [5.41, 5.74) is 0. The molecule has 4 nitrogen and oxygen atoms in total. The Bertz CT molecular complexity index is 552. The topological polar surface area (TPSA) is 54.5 Å². The second-order valence-electron chi connectivity index (χ2n) is 4.38. The van der Waals surface area contributed by atoms with E-state index >= 15 is 0 Å². The normalized spacial score (nSPS) is 21.3. The minimum Gasteiger partial charge on any atom is -0.300 e. The number of halogens is 1. The summed E-state index contributed by atoms with van der Waals surface area (Å²) in [6.07, 6.45) is 1.90. The van der Waals surface area contributed by atoms with Gasteiger partial charge in [0.2, 0.25) is 0 Å². The fourth-order valence-electron chi connectivity index (χ4n) is 2.21. The quantitative estimate of drug-likeness (QED) is 0.837. The number of sulfonamides is 1. The number of carbonyl (C=O) groups is 1. The third-order valence-electron chi connectivity index (χ3n) is 2.96. The van der Waals surface area contributed by atoms with Crippen LogP contribution in [0.15, 0.2) is 20.1 Å². The summed E-state index contributed by atoms with van der Waals surface area (Å²) in [4.78, 5) is 11.2. The number of nitrogens with zero attached hydrogens (tertiary/aromatic N) is 1. The molecule has 0 amide bonds.